The molecule has 7 nitrogen and oxygen atoms in total. The van der Waals surface area contributed by atoms with Gasteiger partial charge in [-0.25, -0.2) is 4.68 Å². The summed E-state index contributed by atoms with van der Waals surface area (Å²) in [5, 5.41) is 8.46. The van der Waals surface area contributed by atoms with Gasteiger partial charge in [0.1, 0.15) is 5.75 Å². The van der Waals surface area contributed by atoms with Gasteiger partial charge in [0.25, 0.3) is 0 Å². The molecule has 1 atom stereocenters. The summed E-state index contributed by atoms with van der Waals surface area (Å²) in [6.07, 6.45) is 0. The molecule has 0 aliphatic rings. The predicted octanol–water partition coefficient (Wildman–Crippen LogP) is 4.11. The second-order valence-electron chi connectivity index (χ2n) is 7.40. The number of anilines is 1. The Morgan fingerprint density at radius 1 is 1.19 bits per heavy atom. The molecular weight excluding hydrogens is 410 g/mol. The van der Waals surface area contributed by atoms with Crippen molar-refractivity contribution in [3.8, 4) is 11.4 Å². The lowest BCUT2D eigenvalue weighted by Gasteiger charge is -2.19. The van der Waals surface area contributed by atoms with E-state index in [2.05, 4.69) is 10.4 Å². The topological polar surface area (TPSA) is 72.3 Å². The maximum atomic E-state index is 12.6. The average molecular weight is 436 g/mol. The van der Waals surface area contributed by atoms with Crippen LogP contribution in [0, 0.1) is 6.92 Å². The number of amides is 1. The van der Waals surface area contributed by atoms with Gasteiger partial charge in [-0.05, 0) is 43.7 Å². The second-order valence-corrected chi connectivity index (χ2v) is 8.38. The van der Waals surface area contributed by atoms with Gasteiger partial charge in [0, 0.05) is 7.05 Å². The number of nitrogens with one attached hydrogen (secondary N) is 1. The van der Waals surface area contributed by atoms with E-state index in [9.17, 15) is 4.79 Å². The summed E-state index contributed by atoms with van der Waals surface area (Å²) in [7, 11) is 3.52. The van der Waals surface area contributed by atoms with Gasteiger partial charge in [0.2, 0.25) is 5.91 Å². The number of carbonyl (C=O) groups is 1. The van der Waals surface area contributed by atoms with Gasteiger partial charge < -0.3 is 15.0 Å². The normalized spacial score (nSPS) is 12.0. The highest BCUT2D eigenvalue weighted by Crippen LogP contribution is 2.32. The molecule has 2 heterocycles. The molecule has 0 fully saturated rings. The van der Waals surface area contributed by atoms with Crippen molar-refractivity contribution in [1.82, 2.24) is 20.1 Å². The second kappa shape index (κ2) is 8.77. The SMILES string of the molecule is COc1ccc([C@@H](C)NC(=O)CN(C)c2nc3c(s2)c(C)nn3-c2ccccc2)cc1. The molecule has 8 heteroatoms. The molecule has 31 heavy (non-hydrogen) atoms. The summed E-state index contributed by atoms with van der Waals surface area (Å²) in [6, 6.07) is 17.5. The van der Waals surface area contributed by atoms with Crippen molar-refractivity contribution >= 4 is 32.7 Å². The number of rotatable bonds is 7. The van der Waals surface area contributed by atoms with Gasteiger partial charge in [-0.2, -0.15) is 10.1 Å². The number of hydrogen-bond acceptors (Lipinski definition) is 6. The van der Waals surface area contributed by atoms with Crippen LogP contribution in [0.3, 0.4) is 0 Å². The number of thiazole rings is 1. The first-order valence-corrected chi connectivity index (χ1v) is 10.8. The first-order chi connectivity index (χ1) is 15.0. The first kappa shape index (κ1) is 20.9. The van der Waals surface area contributed by atoms with Crippen molar-refractivity contribution in [2.75, 3.05) is 25.6 Å². The van der Waals surface area contributed by atoms with E-state index in [1.54, 1.807) is 18.4 Å². The lowest BCUT2D eigenvalue weighted by Crippen LogP contribution is -2.36. The Kier molecular flexibility index (Phi) is 5.90. The molecule has 4 aromatic rings. The number of methoxy groups -OCH3 is 1. The van der Waals surface area contributed by atoms with Gasteiger partial charge in [0.05, 0.1) is 35.8 Å². The molecule has 0 aliphatic heterocycles. The molecular formula is C23H25N5O2S. The highest BCUT2D eigenvalue weighted by molar-refractivity contribution is 7.22. The van der Waals surface area contributed by atoms with Gasteiger partial charge >= 0.3 is 0 Å². The van der Waals surface area contributed by atoms with Crippen molar-refractivity contribution in [3.63, 3.8) is 0 Å². The molecule has 0 bridgehead atoms. The Balaban J connectivity index is 1.46. The van der Waals surface area contributed by atoms with Crippen LogP contribution in [-0.4, -0.2) is 41.4 Å². The van der Waals surface area contributed by atoms with E-state index in [4.69, 9.17) is 9.72 Å². The third-order valence-corrected chi connectivity index (χ3v) is 6.35. The number of carbonyl (C=O) groups excluding carboxylic acids is 1. The zero-order valence-electron chi connectivity index (χ0n) is 18.0. The van der Waals surface area contributed by atoms with Crippen LogP contribution < -0.4 is 15.0 Å². The fourth-order valence-electron chi connectivity index (χ4n) is 3.38. The zero-order valence-corrected chi connectivity index (χ0v) is 18.8. The van der Waals surface area contributed by atoms with Crippen molar-refractivity contribution in [1.29, 1.82) is 0 Å². The maximum absolute atomic E-state index is 12.6. The standard InChI is InChI=1S/C23H25N5O2S/c1-15(17-10-12-19(30-4)13-11-17)24-20(29)14-27(3)23-25-22-21(31-23)16(2)26-28(22)18-8-6-5-7-9-18/h5-13,15H,14H2,1-4H3,(H,24,29)/t15-/m1/s1. The number of para-hydroxylation sites is 1. The molecule has 0 spiro atoms. The van der Waals surface area contributed by atoms with Crippen LogP contribution in [-0.2, 0) is 4.79 Å². The Labute approximate surface area is 185 Å². The summed E-state index contributed by atoms with van der Waals surface area (Å²) >= 11 is 1.55. The lowest BCUT2D eigenvalue weighted by molar-refractivity contribution is -0.120. The minimum atomic E-state index is -0.101. The van der Waals surface area contributed by atoms with Crippen molar-refractivity contribution in [3.05, 3.63) is 65.9 Å². The van der Waals surface area contributed by atoms with E-state index in [1.807, 2.05) is 85.1 Å². The number of aromatic nitrogens is 3. The number of ether oxygens (including phenoxy) is 1. The lowest BCUT2D eigenvalue weighted by atomic mass is 10.1. The van der Waals surface area contributed by atoms with Crippen LogP contribution in [0.15, 0.2) is 54.6 Å². The van der Waals surface area contributed by atoms with Crippen molar-refractivity contribution in [2.24, 2.45) is 0 Å². The van der Waals surface area contributed by atoms with E-state index in [-0.39, 0.29) is 18.5 Å². The number of aryl methyl sites for hydroxylation is 1. The third kappa shape index (κ3) is 4.39. The Bertz CT molecular complexity index is 1180. The highest BCUT2D eigenvalue weighted by atomic mass is 32.1. The highest BCUT2D eigenvalue weighted by Gasteiger charge is 2.19. The molecule has 1 N–H and O–H groups in total. The van der Waals surface area contributed by atoms with Gasteiger partial charge in [-0.1, -0.05) is 41.7 Å². The van der Waals surface area contributed by atoms with Crippen LogP contribution >= 0.6 is 11.3 Å². The van der Waals surface area contributed by atoms with E-state index >= 15 is 0 Å². The molecule has 0 radical (unpaired) electrons. The van der Waals surface area contributed by atoms with Crippen molar-refractivity contribution < 1.29 is 9.53 Å². The smallest absolute Gasteiger partial charge is 0.240 e. The number of likely N-dealkylation sites (N-methyl/N-ethyl adjacent to an activating group) is 1. The molecule has 1 amide bonds. The van der Waals surface area contributed by atoms with Crippen molar-refractivity contribution in [2.45, 2.75) is 19.9 Å². The van der Waals surface area contributed by atoms with Gasteiger partial charge in [-0.15, -0.1) is 0 Å². The van der Waals surface area contributed by atoms with Gasteiger partial charge in [0.15, 0.2) is 10.8 Å². The fraction of sp³-hybridized carbons (Fsp3) is 0.261. The molecule has 0 aliphatic carbocycles. The number of hydrogen-bond donors (Lipinski definition) is 1. The third-order valence-electron chi connectivity index (χ3n) is 5.08. The molecule has 0 saturated heterocycles. The Morgan fingerprint density at radius 3 is 2.58 bits per heavy atom. The predicted molar refractivity (Wildman–Crippen MR) is 124 cm³/mol. The monoisotopic (exact) mass is 435 g/mol. The summed E-state index contributed by atoms with van der Waals surface area (Å²) in [5.41, 5.74) is 3.72. The van der Waals surface area contributed by atoms with Gasteiger partial charge in [-0.3, -0.25) is 4.79 Å². The molecule has 0 saturated carbocycles. The Hall–Kier alpha value is -3.39. The van der Waals surface area contributed by atoms with E-state index in [1.165, 1.54) is 0 Å². The quantitative estimate of drug-likeness (QED) is 0.473. The molecule has 4 rings (SSSR count). The number of fused-ring (bicyclic) bond motifs is 1. The van der Waals surface area contributed by atoms with Crippen LogP contribution in [0.25, 0.3) is 16.0 Å². The number of benzene rings is 2. The Morgan fingerprint density at radius 2 is 1.90 bits per heavy atom. The summed E-state index contributed by atoms with van der Waals surface area (Å²) < 4.78 is 8.07. The molecule has 2 aromatic heterocycles. The summed E-state index contributed by atoms with van der Waals surface area (Å²) in [6.45, 7) is 4.16. The van der Waals surface area contributed by atoms with Crippen LogP contribution in [0.1, 0.15) is 24.2 Å². The van der Waals surface area contributed by atoms with Crippen LogP contribution in [0.4, 0.5) is 5.13 Å². The first-order valence-electron chi connectivity index (χ1n) is 10.0. The molecule has 2 aromatic carbocycles. The van der Waals surface area contributed by atoms with E-state index < -0.39 is 0 Å². The average Bonchev–Trinajstić information content (AvgIpc) is 3.35. The van der Waals surface area contributed by atoms with E-state index in [0.717, 1.165) is 38.2 Å². The van der Waals surface area contributed by atoms with E-state index in [0.29, 0.717) is 0 Å². The van der Waals surface area contributed by atoms with Crippen LogP contribution in [0.2, 0.25) is 0 Å². The molecule has 160 valence electrons. The number of nitrogens with zero attached hydrogens (tertiary/aromatic N) is 4. The zero-order chi connectivity index (χ0) is 22.0. The van der Waals surface area contributed by atoms with Crippen LogP contribution in [0.5, 0.6) is 5.75 Å². The summed E-state index contributed by atoms with van der Waals surface area (Å²) in [5.74, 6) is 0.730. The fourth-order valence-corrected chi connectivity index (χ4v) is 4.33. The maximum Gasteiger partial charge on any atom is 0.240 e. The minimum absolute atomic E-state index is 0.0634. The minimum Gasteiger partial charge on any atom is -0.497 e. The largest absolute Gasteiger partial charge is 0.497 e. The molecule has 0 unspecified atom stereocenters. The summed E-state index contributed by atoms with van der Waals surface area (Å²) in [4.78, 5) is 19.3.